The maximum atomic E-state index is 14.0. The van der Waals surface area contributed by atoms with Gasteiger partial charge in [0.05, 0.1) is 23.9 Å². The van der Waals surface area contributed by atoms with Crippen LogP contribution in [0.4, 0.5) is 15.8 Å². The van der Waals surface area contributed by atoms with E-state index in [9.17, 15) is 18.8 Å². The SMILES string of the molecule is COC(=O)c1ccccc1NC(=O)C(Sc1cccc(NC(=O)c2ccccc2F)c1)c1ccccc1. The third kappa shape index (κ3) is 6.42. The van der Waals surface area contributed by atoms with Crippen molar-refractivity contribution in [3.8, 4) is 0 Å². The van der Waals surface area contributed by atoms with Crippen molar-refractivity contribution < 1.29 is 23.5 Å². The molecule has 0 spiro atoms. The topological polar surface area (TPSA) is 84.5 Å². The minimum atomic E-state index is -0.676. The summed E-state index contributed by atoms with van der Waals surface area (Å²) in [6.07, 6.45) is 0. The smallest absolute Gasteiger partial charge is 0.339 e. The lowest BCUT2D eigenvalue weighted by Gasteiger charge is -2.18. The largest absolute Gasteiger partial charge is 0.465 e. The summed E-state index contributed by atoms with van der Waals surface area (Å²) in [7, 11) is 1.28. The van der Waals surface area contributed by atoms with Crippen molar-refractivity contribution in [1.82, 2.24) is 0 Å². The Morgan fingerprint density at radius 3 is 2.19 bits per heavy atom. The zero-order valence-electron chi connectivity index (χ0n) is 19.8. The Hall–Kier alpha value is -4.43. The molecule has 0 fully saturated rings. The molecule has 4 aromatic rings. The van der Waals surface area contributed by atoms with E-state index < -0.39 is 22.9 Å². The average Bonchev–Trinajstić information content (AvgIpc) is 2.92. The second-order valence-electron chi connectivity index (χ2n) is 7.90. The second kappa shape index (κ2) is 12.0. The van der Waals surface area contributed by atoms with Gasteiger partial charge < -0.3 is 15.4 Å². The van der Waals surface area contributed by atoms with Crippen molar-refractivity contribution in [1.29, 1.82) is 0 Å². The zero-order chi connectivity index (χ0) is 26.2. The van der Waals surface area contributed by atoms with Crippen LogP contribution < -0.4 is 10.6 Å². The molecule has 6 nitrogen and oxygen atoms in total. The van der Waals surface area contributed by atoms with E-state index in [1.54, 1.807) is 48.5 Å². The average molecular weight is 515 g/mol. The minimum Gasteiger partial charge on any atom is -0.465 e. The van der Waals surface area contributed by atoms with E-state index in [0.29, 0.717) is 16.3 Å². The number of carbonyl (C=O) groups excluding carboxylic acids is 3. The summed E-state index contributed by atoms with van der Waals surface area (Å²) in [6.45, 7) is 0. The second-order valence-corrected chi connectivity index (χ2v) is 9.08. The summed E-state index contributed by atoms with van der Waals surface area (Å²) >= 11 is 1.28. The molecule has 4 rings (SSSR count). The van der Waals surface area contributed by atoms with E-state index in [2.05, 4.69) is 10.6 Å². The number of ether oxygens (including phenoxy) is 1. The number of methoxy groups -OCH3 is 1. The Balaban J connectivity index is 1.58. The van der Waals surface area contributed by atoms with E-state index in [1.807, 2.05) is 36.4 Å². The molecule has 0 aliphatic rings. The first-order chi connectivity index (χ1) is 18.0. The highest BCUT2D eigenvalue weighted by molar-refractivity contribution is 8.00. The maximum absolute atomic E-state index is 14.0. The van der Waals surface area contributed by atoms with Gasteiger partial charge in [-0.05, 0) is 48.0 Å². The van der Waals surface area contributed by atoms with Crippen LogP contribution in [0.15, 0.2) is 108 Å². The fourth-order valence-electron chi connectivity index (χ4n) is 3.61. The predicted molar refractivity (Wildman–Crippen MR) is 142 cm³/mol. The number of esters is 1. The molecular formula is C29H23FN2O4S. The Morgan fingerprint density at radius 1 is 0.784 bits per heavy atom. The van der Waals surface area contributed by atoms with Gasteiger partial charge in [0.15, 0.2) is 0 Å². The van der Waals surface area contributed by atoms with E-state index in [0.717, 1.165) is 5.56 Å². The van der Waals surface area contributed by atoms with Gasteiger partial charge in [0, 0.05) is 10.6 Å². The third-order valence-corrected chi connectivity index (χ3v) is 6.64. The van der Waals surface area contributed by atoms with Gasteiger partial charge in [-0.1, -0.05) is 60.7 Å². The lowest BCUT2D eigenvalue weighted by atomic mass is 10.1. The van der Waals surface area contributed by atoms with Gasteiger partial charge in [0.25, 0.3) is 5.91 Å². The lowest BCUT2D eigenvalue weighted by molar-refractivity contribution is -0.115. The number of carbonyl (C=O) groups is 3. The molecule has 0 aliphatic carbocycles. The van der Waals surface area contributed by atoms with E-state index in [-0.39, 0.29) is 17.0 Å². The summed E-state index contributed by atoms with van der Waals surface area (Å²) in [5, 5.41) is 4.87. The first kappa shape index (κ1) is 25.7. The molecule has 0 radical (unpaired) electrons. The summed E-state index contributed by atoms with van der Waals surface area (Å²) in [5.74, 6) is -2.08. The van der Waals surface area contributed by atoms with Crippen LogP contribution in [0, 0.1) is 5.82 Å². The number of hydrogen-bond acceptors (Lipinski definition) is 5. The highest BCUT2D eigenvalue weighted by atomic mass is 32.2. The standard InChI is InChI=1S/C29H23FN2O4S/c1-36-29(35)23-15-6-8-17-25(23)32-28(34)26(19-10-3-2-4-11-19)37-21-13-9-12-20(18-21)31-27(33)22-14-5-7-16-24(22)30/h2-18,26H,1H3,(H,31,33)(H,32,34). The number of rotatable bonds is 8. The van der Waals surface area contributed by atoms with Crippen molar-refractivity contribution in [2.24, 2.45) is 0 Å². The van der Waals surface area contributed by atoms with Gasteiger partial charge in [-0.25, -0.2) is 9.18 Å². The van der Waals surface area contributed by atoms with Gasteiger partial charge in [0.2, 0.25) is 5.91 Å². The molecular weight excluding hydrogens is 491 g/mol. The van der Waals surface area contributed by atoms with Crippen molar-refractivity contribution in [2.45, 2.75) is 10.1 Å². The van der Waals surface area contributed by atoms with Crippen LogP contribution >= 0.6 is 11.8 Å². The van der Waals surface area contributed by atoms with Crippen LogP contribution in [-0.2, 0) is 9.53 Å². The zero-order valence-corrected chi connectivity index (χ0v) is 20.6. The molecule has 1 unspecified atom stereocenters. The third-order valence-electron chi connectivity index (χ3n) is 5.40. The molecule has 186 valence electrons. The molecule has 0 heterocycles. The number of para-hydroxylation sites is 1. The lowest BCUT2D eigenvalue weighted by Crippen LogP contribution is -2.21. The van der Waals surface area contributed by atoms with Gasteiger partial charge >= 0.3 is 5.97 Å². The molecule has 2 amide bonds. The monoisotopic (exact) mass is 514 g/mol. The van der Waals surface area contributed by atoms with Crippen molar-refractivity contribution in [3.63, 3.8) is 0 Å². The van der Waals surface area contributed by atoms with Crippen LogP contribution in [0.2, 0.25) is 0 Å². The molecule has 0 aliphatic heterocycles. The molecule has 37 heavy (non-hydrogen) atoms. The number of amides is 2. The van der Waals surface area contributed by atoms with E-state index in [1.165, 1.54) is 37.1 Å². The Kier molecular flexibility index (Phi) is 8.33. The number of anilines is 2. The van der Waals surface area contributed by atoms with Crippen molar-refractivity contribution in [2.75, 3.05) is 17.7 Å². The summed E-state index contributed by atoms with van der Waals surface area (Å²) in [6, 6.07) is 28.5. The number of nitrogens with one attached hydrogen (secondary N) is 2. The van der Waals surface area contributed by atoms with Gasteiger partial charge in [0.1, 0.15) is 11.1 Å². The van der Waals surface area contributed by atoms with Gasteiger partial charge in [-0.15, -0.1) is 11.8 Å². The van der Waals surface area contributed by atoms with Crippen LogP contribution in [0.3, 0.4) is 0 Å². The quantitative estimate of drug-likeness (QED) is 0.212. The molecule has 1 atom stereocenters. The molecule has 2 N–H and O–H groups in total. The van der Waals surface area contributed by atoms with E-state index >= 15 is 0 Å². The van der Waals surface area contributed by atoms with Crippen molar-refractivity contribution >= 4 is 40.9 Å². The first-order valence-electron chi connectivity index (χ1n) is 11.3. The van der Waals surface area contributed by atoms with E-state index in [4.69, 9.17) is 4.74 Å². The summed E-state index contributed by atoms with van der Waals surface area (Å²) < 4.78 is 18.8. The minimum absolute atomic E-state index is 0.0635. The Morgan fingerprint density at radius 2 is 1.46 bits per heavy atom. The molecule has 8 heteroatoms. The highest BCUT2D eigenvalue weighted by Crippen LogP contribution is 2.37. The number of benzene rings is 4. The predicted octanol–water partition coefficient (Wildman–Crippen LogP) is 6.34. The van der Waals surface area contributed by atoms with Crippen molar-refractivity contribution in [3.05, 3.63) is 126 Å². The summed E-state index contributed by atoms with van der Waals surface area (Å²) in [4.78, 5) is 38.9. The summed E-state index contributed by atoms with van der Waals surface area (Å²) in [5.41, 5.74) is 1.73. The van der Waals surface area contributed by atoms with Crippen LogP contribution in [0.1, 0.15) is 31.5 Å². The normalized spacial score (nSPS) is 11.3. The van der Waals surface area contributed by atoms with Gasteiger partial charge in [-0.2, -0.15) is 0 Å². The van der Waals surface area contributed by atoms with Gasteiger partial charge in [-0.3, -0.25) is 9.59 Å². The number of thioether (sulfide) groups is 1. The Bertz CT molecular complexity index is 1430. The molecule has 0 bridgehead atoms. The molecule has 4 aromatic carbocycles. The number of halogens is 1. The highest BCUT2D eigenvalue weighted by Gasteiger charge is 2.24. The first-order valence-corrected chi connectivity index (χ1v) is 12.2. The molecule has 0 aromatic heterocycles. The Labute approximate surface area is 217 Å². The number of hydrogen-bond donors (Lipinski definition) is 2. The fourth-order valence-corrected chi connectivity index (χ4v) is 4.69. The fraction of sp³-hybridized carbons (Fsp3) is 0.0690. The van der Waals surface area contributed by atoms with Crippen LogP contribution in [-0.4, -0.2) is 24.9 Å². The van der Waals surface area contributed by atoms with Crippen LogP contribution in [0.5, 0.6) is 0 Å². The maximum Gasteiger partial charge on any atom is 0.339 e. The molecule has 0 saturated heterocycles. The molecule has 0 saturated carbocycles. The van der Waals surface area contributed by atoms with Crippen LogP contribution in [0.25, 0.3) is 0 Å².